The first-order chi connectivity index (χ1) is 11.0. The second-order valence-electron chi connectivity index (χ2n) is 4.80. The number of aromatic nitrogens is 3. The Bertz CT molecular complexity index is 869. The fraction of sp³-hybridized carbons (Fsp3) is 0.235. The molecule has 0 saturated carbocycles. The van der Waals surface area contributed by atoms with E-state index in [1.807, 2.05) is 19.1 Å². The first kappa shape index (κ1) is 16.5. The van der Waals surface area contributed by atoms with Gasteiger partial charge in [0.1, 0.15) is 5.65 Å². The van der Waals surface area contributed by atoms with E-state index in [4.69, 9.17) is 4.74 Å². The molecule has 2 aromatic heterocycles. The van der Waals surface area contributed by atoms with E-state index in [2.05, 4.69) is 16.7 Å². The normalized spacial score (nSPS) is 12.0. The van der Waals surface area contributed by atoms with Gasteiger partial charge in [0, 0.05) is 6.07 Å². The summed E-state index contributed by atoms with van der Waals surface area (Å²) in [6.45, 7) is 9.24. The molecule has 0 fully saturated rings. The maximum Gasteiger partial charge on any atom is 0.339 e. The molecule has 0 spiro atoms. The average Bonchev–Trinajstić information content (AvgIpc) is 2.84. The van der Waals surface area contributed by atoms with Gasteiger partial charge in [0.05, 0.1) is 28.9 Å². The summed E-state index contributed by atoms with van der Waals surface area (Å²) in [6, 6.07) is 1.24. The van der Waals surface area contributed by atoms with Gasteiger partial charge in [-0.15, -0.1) is 0 Å². The fourth-order valence-electron chi connectivity index (χ4n) is 2.33. The quantitative estimate of drug-likeness (QED) is 0.680. The van der Waals surface area contributed by atoms with Crippen LogP contribution in [0.4, 0.5) is 0 Å². The Kier molecular flexibility index (Phi) is 4.95. The standard InChI is InChI=1S/C17H19N3O3/c1-5-8-9-12(6-2)20-16-15(11(4)19-20)13(10-14(21)18-16)17(22)23-7-3/h5-6,8-10H,1,7H2,2-4H3,(H,18,21)/b9-8-,12-6+. The molecule has 6 heteroatoms. The number of allylic oxidation sites excluding steroid dienone is 5. The minimum atomic E-state index is -0.532. The van der Waals surface area contributed by atoms with Crippen molar-refractivity contribution in [3.8, 4) is 0 Å². The molecule has 0 amide bonds. The first-order valence-corrected chi connectivity index (χ1v) is 7.29. The zero-order valence-electron chi connectivity index (χ0n) is 13.4. The van der Waals surface area contributed by atoms with Crippen molar-refractivity contribution in [2.24, 2.45) is 0 Å². The Morgan fingerprint density at radius 2 is 2.26 bits per heavy atom. The highest BCUT2D eigenvalue weighted by Crippen LogP contribution is 2.23. The van der Waals surface area contributed by atoms with Gasteiger partial charge in [-0.1, -0.05) is 24.8 Å². The van der Waals surface area contributed by atoms with Gasteiger partial charge in [0.2, 0.25) is 5.56 Å². The van der Waals surface area contributed by atoms with E-state index in [9.17, 15) is 9.59 Å². The third kappa shape index (κ3) is 3.15. The third-order valence-corrected chi connectivity index (χ3v) is 3.29. The third-order valence-electron chi connectivity index (χ3n) is 3.29. The van der Waals surface area contributed by atoms with Crippen LogP contribution in [0, 0.1) is 6.92 Å². The minimum absolute atomic E-state index is 0.220. The molecule has 0 bridgehead atoms. The van der Waals surface area contributed by atoms with Crippen LogP contribution in [0.1, 0.15) is 29.9 Å². The molecular formula is C17H19N3O3. The van der Waals surface area contributed by atoms with Gasteiger partial charge in [-0.2, -0.15) is 5.10 Å². The van der Waals surface area contributed by atoms with Crippen molar-refractivity contribution in [1.82, 2.24) is 14.8 Å². The number of pyridine rings is 1. The fourth-order valence-corrected chi connectivity index (χ4v) is 2.33. The van der Waals surface area contributed by atoms with Crippen LogP contribution in [0.15, 0.2) is 41.7 Å². The second kappa shape index (κ2) is 6.91. The first-order valence-electron chi connectivity index (χ1n) is 7.29. The lowest BCUT2D eigenvalue weighted by Crippen LogP contribution is -2.14. The molecule has 2 rings (SSSR count). The highest BCUT2D eigenvalue weighted by atomic mass is 16.5. The highest BCUT2D eigenvalue weighted by Gasteiger charge is 2.19. The molecule has 6 nitrogen and oxygen atoms in total. The molecule has 0 unspecified atom stereocenters. The van der Waals surface area contributed by atoms with E-state index >= 15 is 0 Å². The van der Waals surface area contributed by atoms with Gasteiger partial charge in [-0.25, -0.2) is 9.48 Å². The number of nitrogens with one attached hydrogen (secondary N) is 1. The van der Waals surface area contributed by atoms with E-state index < -0.39 is 5.97 Å². The Hall–Kier alpha value is -2.89. The van der Waals surface area contributed by atoms with Crippen molar-refractivity contribution in [3.05, 3.63) is 58.6 Å². The molecule has 1 N–H and O–H groups in total. The van der Waals surface area contributed by atoms with Gasteiger partial charge < -0.3 is 9.72 Å². The van der Waals surface area contributed by atoms with Crippen molar-refractivity contribution < 1.29 is 9.53 Å². The maximum atomic E-state index is 12.1. The van der Waals surface area contributed by atoms with Gasteiger partial charge in [0.15, 0.2) is 0 Å². The average molecular weight is 313 g/mol. The largest absolute Gasteiger partial charge is 0.462 e. The minimum Gasteiger partial charge on any atom is -0.462 e. The summed E-state index contributed by atoms with van der Waals surface area (Å²) in [5.74, 6) is -0.532. The smallest absolute Gasteiger partial charge is 0.339 e. The zero-order valence-corrected chi connectivity index (χ0v) is 13.4. The van der Waals surface area contributed by atoms with Crippen LogP contribution >= 0.6 is 0 Å². The molecule has 0 atom stereocenters. The van der Waals surface area contributed by atoms with E-state index in [-0.39, 0.29) is 17.7 Å². The summed E-state index contributed by atoms with van der Waals surface area (Å²) < 4.78 is 6.63. The molecule has 0 aliphatic rings. The van der Waals surface area contributed by atoms with Gasteiger partial charge in [-0.05, 0) is 26.8 Å². The Morgan fingerprint density at radius 3 is 2.87 bits per heavy atom. The van der Waals surface area contributed by atoms with Crippen LogP contribution in [0.3, 0.4) is 0 Å². The van der Waals surface area contributed by atoms with Crippen molar-refractivity contribution in [2.45, 2.75) is 20.8 Å². The SMILES string of the molecule is C=C/C=C\C(=C/C)n1nc(C)c2c(C(=O)OCC)cc(=O)[nH]c21. The number of nitrogens with zero attached hydrogens (tertiary/aromatic N) is 2. The summed E-state index contributed by atoms with van der Waals surface area (Å²) >= 11 is 0. The summed E-state index contributed by atoms with van der Waals surface area (Å²) in [7, 11) is 0. The number of carbonyl (C=O) groups is 1. The zero-order chi connectivity index (χ0) is 17.0. The number of H-pyrrole nitrogens is 1. The number of hydrogen-bond donors (Lipinski definition) is 1. The molecule has 0 aliphatic heterocycles. The van der Waals surface area contributed by atoms with Crippen LogP contribution < -0.4 is 5.56 Å². The van der Waals surface area contributed by atoms with Crippen LogP contribution in [0.25, 0.3) is 16.7 Å². The molecule has 23 heavy (non-hydrogen) atoms. The van der Waals surface area contributed by atoms with Gasteiger partial charge >= 0.3 is 5.97 Å². The van der Waals surface area contributed by atoms with Gasteiger partial charge in [-0.3, -0.25) is 4.79 Å². The van der Waals surface area contributed by atoms with Crippen LogP contribution in [-0.2, 0) is 4.74 Å². The predicted octanol–water partition coefficient (Wildman–Crippen LogP) is 2.81. The van der Waals surface area contributed by atoms with Crippen molar-refractivity contribution >= 4 is 22.7 Å². The number of aromatic amines is 1. The predicted molar refractivity (Wildman–Crippen MR) is 90.3 cm³/mol. The van der Waals surface area contributed by atoms with Gasteiger partial charge in [0.25, 0.3) is 0 Å². The molecule has 0 aromatic carbocycles. The Balaban J connectivity index is 2.77. The highest BCUT2D eigenvalue weighted by molar-refractivity contribution is 6.04. The van der Waals surface area contributed by atoms with Crippen LogP contribution in [0.2, 0.25) is 0 Å². The number of fused-ring (bicyclic) bond motifs is 1. The molecule has 0 aliphatic carbocycles. The van der Waals surface area contributed by atoms with Crippen molar-refractivity contribution in [2.75, 3.05) is 6.61 Å². The summed E-state index contributed by atoms with van der Waals surface area (Å²) in [5.41, 5.74) is 1.67. The number of aryl methyl sites for hydroxylation is 1. The molecule has 120 valence electrons. The Labute approximate surface area is 133 Å². The van der Waals surface area contributed by atoms with E-state index in [1.165, 1.54) is 6.07 Å². The second-order valence-corrected chi connectivity index (χ2v) is 4.80. The molecule has 2 aromatic rings. The molecule has 0 radical (unpaired) electrons. The number of hydrogen-bond acceptors (Lipinski definition) is 4. The lowest BCUT2D eigenvalue weighted by atomic mass is 10.1. The molecular weight excluding hydrogens is 294 g/mol. The number of rotatable bonds is 5. The Morgan fingerprint density at radius 1 is 1.52 bits per heavy atom. The number of esters is 1. The number of ether oxygens (including phenoxy) is 1. The molecule has 2 heterocycles. The monoisotopic (exact) mass is 313 g/mol. The van der Waals surface area contributed by atoms with Crippen LogP contribution in [-0.4, -0.2) is 27.3 Å². The van der Waals surface area contributed by atoms with Crippen LogP contribution in [0.5, 0.6) is 0 Å². The van der Waals surface area contributed by atoms with E-state index in [1.54, 1.807) is 30.7 Å². The summed E-state index contributed by atoms with van der Waals surface area (Å²) in [6.07, 6.45) is 7.08. The maximum absolute atomic E-state index is 12.1. The van der Waals surface area contributed by atoms with Crippen molar-refractivity contribution in [3.63, 3.8) is 0 Å². The van der Waals surface area contributed by atoms with E-state index in [0.29, 0.717) is 16.7 Å². The van der Waals surface area contributed by atoms with E-state index in [0.717, 1.165) is 5.70 Å². The lowest BCUT2D eigenvalue weighted by molar-refractivity contribution is 0.0528. The summed E-state index contributed by atoms with van der Waals surface area (Å²) in [5, 5.41) is 5.02. The summed E-state index contributed by atoms with van der Waals surface area (Å²) in [4.78, 5) is 26.8. The van der Waals surface area contributed by atoms with Crippen molar-refractivity contribution in [1.29, 1.82) is 0 Å². The lowest BCUT2D eigenvalue weighted by Gasteiger charge is -2.05. The number of carbonyl (C=O) groups excluding carboxylic acids is 1. The topological polar surface area (TPSA) is 77.0 Å². The molecule has 0 saturated heterocycles.